The molecule has 0 saturated heterocycles. The zero-order valence-corrected chi connectivity index (χ0v) is 9.94. The first-order chi connectivity index (χ1) is 7.71. The molecule has 0 amide bonds. The number of anilines is 1. The van der Waals surface area contributed by atoms with Crippen LogP contribution >= 0.6 is 0 Å². The lowest BCUT2D eigenvalue weighted by atomic mass is 10.1. The third kappa shape index (κ3) is 2.14. The van der Waals surface area contributed by atoms with Gasteiger partial charge in [0.25, 0.3) is 0 Å². The van der Waals surface area contributed by atoms with Crippen LogP contribution in [-0.2, 0) is 0 Å². The lowest BCUT2D eigenvalue weighted by Gasteiger charge is -2.25. The molecule has 1 aromatic rings. The second-order valence-electron chi connectivity index (χ2n) is 4.69. The SMILES string of the molecule is COc1ccccc1N(C)CC1(CO)CC1. The minimum Gasteiger partial charge on any atom is -0.495 e. The monoisotopic (exact) mass is 221 g/mol. The van der Waals surface area contributed by atoms with Gasteiger partial charge in [0, 0.05) is 19.0 Å². The van der Waals surface area contributed by atoms with E-state index >= 15 is 0 Å². The predicted molar refractivity (Wildman–Crippen MR) is 65.0 cm³/mol. The molecule has 88 valence electrons. The minimum absolute atomic E-state index is 0.135. The highest BCUT2D eigenvalue weighted by Gasteiger charge is 2.43. The second kappa shape index (κ2) is 4.34. The Kier molecular flexibility index (Phi) is 3.06. The van der Waals surface area contributed by atoms with Crippen molar-refractivity contribution in [2.24, 2.45) is 5.41 Å². The van der Waals surface area contributed by atoms with Gasteiger partial charge in [-0.1, -0.05) is 12.1 Å². The molecule has 1 aliphatic rings. The molecule has 2 rings (SSSR count). The number of methoxy groups -OCH3 is 1. The summed E-state index contributed by atoms with van der Waals surface area (Å²) in [6, 6.07) is 7.98. The maximum Gasteiger partial charge on any atom is 0.142 e. The van der Waals surface area contributed by atoms with E-state index in [0.29, 0.717) is 0 Å². The van der Waals surface area contributed by atoms with Crippen LogP contribution in [0.4, 0.5) is 5.69 Å². The highest BCUT2D eigenvalue weighted by molar-refractivity contribution is 5.58. The van der Waals surface area contributed by atoms with Crippen molar-refractivity contribution < 1.29 is 9.84 Å². The third-order valence-corrected chi connectivity index (χ3v) is 3.36. The van der Waals surface area contributed by atoms with Gasteiger partial charge in [-0.3, -0.25) is 0 Å². The van der Waals surface area contributed by atoms with Crippen LogP contribution in [0, 0.1) is 5.41 Å². The van der Waals surface area contributed by atoms with E-state index in [2.05, 4.69) is 4.90 Å². The van der Waals surface area contributed by atoms with Gasteiger partial charge in [0.1, 0.15) is 5.75 Å². The van der Waals surface area contributed by atoms with Gasteiger partial charge in [-0.25, -0.2) is 0 Å². The average molecular weight is 221 g/mol. The quantitative estimate of drug-likeness (QED) is 0.824. The summed E-state index contributed by atoms with van der Waals surface area (Å²) in [6.45, 7) is 1.18. The Balaban J connectivity index is 2.11. The molecule has 1 N–H and O–H groups in total. The Labute approximate surface area is 96.6 Å². The summed E-state index contributed by atoms with van der Waals surface area (Å²) < 4.78 is 5.33. The van der Waals surface area contributed by atoms with Crippen LogP contribution in [0.5, 0.6) is 5.75 Å². The van der Waals surface area contributed by atoms with Crippen molar-refractivity contribution in [1.82, 2.24) is 0 Å². The van der Waals surface area contributed by atoms with Gasteiger partial charge in [-0.05, 0) is 25.0 Å². The normalized spacial score (nSPS) is 16.9. The number of para-hydroxylation sites is 2. The molecule has 1 aliphatic carbocycles. The third-order valence-electron chi connectivity index (χ3n) is 3.36. The number of aliphatic hydroxyl groups is 1. The lowest BCUT2D eigenvalue weighted by Crippen LogP contribution is -2.28. The maximum atomic E-state index is 9.32. The van der Waals surface area contributed by atoms with Gasteiger partial charge >= 0.3 is 0 Å². The van der Waals surface area contributed by atoms with Gasteiger partial charge in [-0.15, -0.1) is 0 Å². The van der Waals surface area contributed by atoms with Crippen molar-refractivity contribution >= 4 is 5.69 Å². The molecule has 0 unspecified atom stereocenters. The Morgan fingerprint density at radius 1 is 1.38 bits per heavy atom. The van der Waals surface area contributed by atoms with E-state index < -0.39 is 0 Å². The molecule has 16 heavy (non-hydrogen) atoms. The molecular weight excluding hydrogens is 202 g/mol. The van der Waals surface area contributed by atoms with Gasteiger partial charge in [0.15, 0.2) is 0 Å². The molecule has 1 aromatic carbocycles. The molecule has 0 aromatic heterocycles. The number of nitrogens with zero attached hydrogens (tertiary/aromatic N) is 1. The van der Waals surface area contributed by atoms with Crippen molar-refractivity contribution in [3.05, 3.63) is 24.3 Å². The topological polar surface area (TPSA) is 32.7 Å². The van der Waals surface area contributed by atoms with Crippen LogP contribution in [-0.4, -0.2) is 32.4 Å². The largest absolute Gasteiger partial charge is 0.495 e. The zero-order chi connectivity index (χ0) is 11.6. The molecule has 3 heteroatoms. The number of hydrogen-bond donors (Lipinski definition) is 1. The van der Waals surface area contributed by atoms with Gasteiger partial charge in [0.2, 0.25) is 0 Å². The lowest BCUT2D eigenvalue weighted by molar-refractivity contribution is 0.215. The maximum absolute atomic E-state index is 9.32. The van der Waals surface area contributed by atoms with E-state index in [0.717, 1.165) is 30.8 Å². The van der Waals surface area contributed by atoms with E-state index in [1.54, 1.807) is 7.11 Å². The fraction of sp³-hybridized carbons (Fsp3) is 0.538. The van der Waals surface area contributed by atoms with Crippen LogP contribution in [0.25, 0.3) is 0 Å². The number of benzene rings is 1. The minimum atomic E-state index is 0.135. The smallest absolute Gasteiger partial charge is 0.142 e. The first kappa shape index (κ1) is 11.3. The van der Waals surface area contributed by atoms with Crippen molar-refractivity contribution in [3.8, 4) is 5.75 Å². The fourth-order valence-corrected chi connectivity index (χ4v) is 2.08. The molecule has 1 saturated carbocycles. The van der Waals surface area contributed by atoms with Gasteiger partial charge in [0.05, 0.1) is 19.4 Å². The Morgan fingerprint density at radius 2 is 2.06 bits per heavy atom. The molecule has 0 heterocycles. The number of rotatable bonds is 5. The Bertz CT molecular complexity index is 361. The van der Waals surface area contributed by atoms with Crippen molar-refractivity contribution in [1.29, 1.82) is 0 Å². The summed E-state index contributed by atoms with van der Waals surface area (Å²) in [6.07, 6.45) is 2.26. The van der Waals surface area contributed by atoms with Crippen LogP contribution in [0.2, 0.25) is 0 Å². The van der Waals surface area contributed by atoms with Gasteiger partial charge < -0.3 is 14.7 Å². The van der Waals surface area contributed by atoms with Crippen molar-refractivity contribution in [3.63, 3.8) is 0 Å². The highest BCUT2D eigenvalue weighted by Crippen LogP contribution is 2.46. The van der Waals surface area contributed by atoms with Crippen LogP contribution < -0.4 is 9.64 Å². The molecule has 3 nitrogen and oxygen atoms in total. The fourth-order valence-electron chi connectivity index (χ4n) is 2.08. The van der Waals surface area contributed by atoms with E-state index in [1.165, 1.54) is 0 Å². The molecule has 0 spiro atoms. The Hall–Kier alpha value is -1.22. The summed E-state index contributed by atoms with van der Waals surface area (Å²) in [4.78, 5) is 2.17. The second-order valence-corrected chi connectivity index (χ2v) is 4.69. The van der Waals surface area contributed by atoms with E-state index in [1.807, 2.05) is 31.3 Å². The highest BCUT2D eigenvalue weighted by atomic mass is 16.5. The molecule has 0 radical (unpaired) electrons. The summed E-state index contributed by atoms with van der Waals surface area (Å²) in [5.74, 6) is 0.888. The standard InChI is InChI=1S/C13H19NO2/c1-14(9-13(10-15)7-8-13)11-5-3-4-6-12(11)16-2/h3-6,15H,7-10H2,1-2H3. The van der Waals surface area contributed by atoms with E-state index in [-0.39, 0.29) is 12.0 Å². The Morgan fingerprint density at radius 3 is 2.62 bits per heavy atom. The van der Waals surface area contributed by atoms with Crippen molar-refractivity contribution in [2.45, 2.75) is 12.8 Å². The first-order valence-electron chi connectivity index (χ1n) is 5.66. The van der Waals surface area contributed by atoms with Crippen LogP contribution in [0.15, 0.2) is 24.3 Å². The van der Waals surface area contributed by atoms with Crippen LogP contribution in [0.1, 0.15) is 12.8 Å². The first-order valence-corrected chi connectivity index (χ1v) is 5.66. The average Bonchev–Trinajstić information content (AvgIpc) is 3.09. The summed E-state index contributed by atoms with van der Waals surface area (Å²) >= 11 is 0. The number of hydrogen-bond acceptors (Lipinski definition) is 3. The zero-order valence-electron chi connectivity index (χ0n) is 9.94. The van der Waals surface area contributed by atoms with Gasteiger partial charge in [-0.2, -0.15) is 0 Å². The summed E-state index contributed by atoms with van der Waals surface area (Å²) in [5, 5.41) is 9.32. The van der Waals surface area contributed by atoms with E-state index in [4.69, 9.17) is 4.74 Å². The number of aliphatic hydroxyl groups excluding tert-OH is 1. The van der Waals surface area contributed by atoms with Crippen LogP contribution in [0.3, 0.4) is 0 Å². The molecule has 0 bridgehead atoms. The molecular formula is C13H19NO2. The van der Waals surface area contributed by atoms with Crippen molar-refractivity contribution in [2.75, 3.05) is 32.2 Å². The number of ether oxygens (including phenoxy) is 1. The van der Waals surface area contributed by atoms with E-state index in [9.17, 15) is 5.11 Å². The molecule has 1 fully saturated rings. The summed E-state index contributed by atoms with van der Waals surface area (Å²) in [5.41, 5.74) is 1.22. The molecule has 0 atom stereocenters. The molecule has 0 aliphatic heterocycles. The predicted octanol–water partition coefficient (Wildman–Crippen LogP) is 1.90. The summed E-state index contributed by atoms with van der Waals surface area (Å²) in [7, 11) is 3.74.